The number of hydrogen-bond donors (Lipinski definition) is 6. The zero-order valence-electron chi connectivity index (χ0n) is 13.0. The molecule has 0 saturated carbocycles. The third-order valence-electron chi connectivity index (χ3n) is 3.70. The van der Waals surface area contributed by atoms with Crippen molar-refractivity contribution in [3.05, 3.63) is 0 Å². The zero-order valence-corrected chi connectivity index (χ0v) is 13.0. The van der Waals surface area contributed by atoms with Crippen molar-refractivity contribution in [3.8, 4) is 0 Å². The zero-order chi connectivity index (χ0) is 17.4. The van der Waals surface area contributed by atoms with E-state index in [-0.39, 0.29) is 18.4 Å². The van der Waals surface area contributed by atoms with Gasteiger partial charge in [0.2, 0.25) is 17.7 Å². The largest absolute Gasteiger partial charge is 0.370 e. The van der Waals surface area contributed by atoms with E-state index in [9.17, 15) is 14.4 Å². The van der Waals surface area contributed by atoms with Gasteiger partial charge < -0.3 is 32.7 Å². The smallest absolute Gasteiger partial charge is 0.243 e. The number of nitrogens with two attached hydrogens (primary N) is 3. The van der Waals surface area contributed by atoms with E-state index in [1.54, 1.807) is 0 Å². The van der Waals surface area contributed by atoms with Crippen LogP contribution in [0.2, 0.25) is 0 Å². The van der Waals surface area contributed by atoms with E-state index >= 15 is 0 Å². The average Bonchev–Trinajstić information content (AvgIpc) is 2.98. The first-order valence-corrected chi connectivity index (χ1v) is 7.54. The van der Waals surface area contributed by atoms with Crippen molar-refractivity contribution in [2.24, 2.45) is 17.2 Å². The van der Waals surface area contributed by atoms with Gasteiger partial charge in [-0.2, -0.15) is 0 Å². The van der Waals surface area contributed by atoms with Crippen molar-refractivity contribution in [2.45, 2.75) is 37.8 Å². The number of nitrogens with zero attached hydrogens (tertiary/aromatic N) is 1. The van der Waals surface area contributed by atoms with Crippen molar-refractivity contribution in [3.63, 3.8) is 0 Å². The van der Waals surface area contributed by atoms with Gasteiger partial charge in [0.25, 0.3) is 0 Å². The van der Waals surface area contributed by atoms with Crippen LogP contribution in [0.15, 0.2) is 0 Å². The van der Waals surface area contributed by atoms with Crippen molar-refractivity contribution in [2.75, 3.05) is 19.6 Å². The number of likely N-dealkylation sites (tertiary alicyclic amines) is 1. The average molecular weight is 327 g/mol. The molecule has 0 spiro atoms. The molecule has 0 aromatic heterocycles. The second-order valence-corrected chi connectivity index (χ2v) is 5.40. The normalized spacial score (nSPS) is 18.3. The quantitative estimate of drug-likeness (QED) is 0.159. The van der Waals surface area contributed by atoms with Gasteiger partial charge in [-0.25, -0.2) is 0 Å². The fourth-order valence-electron chi connectivity index (χ4n) is 2.54. The Labute approximate surface area is 134 Å². The SMILES string of the molecule is N=C(N)NCCC[C@H](NC(=O)[C@@H]1CCCN1C(=O)CN)C(N)=O. The summed E-state index contributed by atoms with van der Waals surface area (Å²) in [4.78, 5) is 36.9. The summed E-state index contributed by atoms with van der Waals surface area (Å²) in [6.45, 7) is 0.730. The van der Waals surface area contributed by atoms with Crippen LogP contribution in [0.3, 0.4) is 0 Å². The Morgan fingerprint density at radius 2 is 2.00 bits per heavy atom. The van der Waals surface area contributed by atoms with Gasteiger partial charge in [-0.1, -0.05) is 0 Å². The molecule has 1 rings (SSSR count). The lowest BCUT2D eigenvalue weighted by Gasteiger charge is -2.25. The number of amides is 3. The summed E-state index contributed by atoms with van der Waals surface area (Å²) in [7, 11) is 0. The van der Waals surface area contributed by atoms with E-state index in [4.69, 9.17) is 22.6 Å². The van der Waals surface area contributed by atoms with Crippen molar-refractivity contribution < 1.29 is 14.4 Å². The summed E-state index contributed by atoms with van der Waals surface area (Å²) in [5.74, 6) is -1.49. The highest BCUT2D eigenvalue weighted by Crippen LogP contribution is 2.17. The molecule has 1 fully saturated rings. The number of hydrogen-bond acceptors (Lipinski definition) is 5. The summed E-state index contributed by atoms with van der Waals surface area (Å²) < 4.78 is 0. The number of guanidine groups is 1. The Bertz CT molecular complexity index is 468. The van der Waals surface area contributed by atoms with Crippen LogP contribution in [-0.2, 0) is 14.4 Å². The second kappa shape index (κ2) is 8.93. The fraction of sp³-hybridized carbons (Fsp3) is 0.692. The minimum Gasteiger partial charge on any atom is -0.370 e. The van der Waals surface area contributed by atoms with E-state index in [1.165, 1.54) is 4.90 Å². The van der Waals surface area contributed by atoms with Crippen LogP contribution in [0, 0.1) is 5.41 Å². The number of carbonyl (C=O) groups excluding carboxylic acids is 3. The summed E-state index contributed by atoms with van der Waals surface area (Å²) >= 11 is 0. The van der Waals surface area contributed by atoms with Gasteiger partial charge in [-0.3, -0.25) is 19.8 Å². The molecule has 1 saturated heterocycles. The van der Waals surface area contributed by atoms with Crippen molar-refractivity contribution in [1.29, 1.82) is 5.41 Å². The predicted octanol–water partition coefficient (Wildman–Crippen LogP) is -2.83. The Balaban J connectivity index is 2.54. The van der Waals surface area contributed by atoms with Gasteiger partial charge in [-0.05, 0) is 25.7 Å². The monoisotopic (exact) mass is 327 g/mol. The van der Waals surface area contributed by atoms with Crippen LogP contribution in [0.5, 0.6) is 0 Å². The fourth-order valence-corrected chi connectivity index (χ4v) is 2.54. The highest BCUT2D eigenvalue weighted by molar-refractivity contribution is 5.92. The maximum atomic E-state index is 12.3. The molecule has 0 aliphatic carbocycles. The van der Waals surface area contributed by atoms with Gasteiger partial charge in [-0.15, -0.1) is 0 Å². The van der Waals surface area contributed by atoms with Crippen LogP contribution in [0.4, 0.5) is 0 Å². The van der Waals surface area contributed by atoms with Crippen LogP contribution in [0.25, 0.3) is 0 Å². The predicted molar refractivity (Wildman–Crippen MR) is 84.1 cm³/mol. The van der Waals surface area contributed by atoms with Crippen LogP contribution in [-0.4, -0.2) is 60.3 Å². The molecule has 1 aliphatic heterocycles. The molecule has 0 aromatic carbocycles. The van der Waals surface area contributed by atoms with Crippen LogP contribution in [0.1, 0.15) is 25.7 Å². The summed E-state index contributed by atoms with van der Waals surface area (Å²) in [6, 6.07) is -1.44. The molecule has 3 amide bonds. The molecular weight excluding hydrogens is 302 g/mol. The molecule has 130 valence electrons. The highest BCUT2D eigenvalue weighted by atomic mass is 16.2. The maximum Gasteiger partial charge on any atom is 0.243 e. The lowest BCUT2D eigenvalue weighted by molar-refractivity contribution is -0.138. The van der Waals surface area contributed by atoms with Gasteiger partial charge in [0, 0.05) is 13.1 Å². The number of carbonyl (C=O) groups is 3. The lowest BCUT2D eigenvalue weighted by Crippen LogP contribution is -2.53. The van der Waals surface area contributed by atoms with E-state index in [1.807, 2.05) is 0 Å². The Hall–Kier alpha value is -2.36. The summed E-state index contributed by atoms with van der Waals surface area (Å²) in [6.07, 6.45) is 2.07. The van der Waals surface area contributed by atoms with Crippen molar-refractivity contribution >= 4 is 23.7 Å². The molecule has 23 heavy (non-hydrogen) atoms. The Morgan fingerprint density at radius 3 is 2.57 bits per heavy atom. The van der Waals surface area contributed by atoms with E-state index < -0.39 is 23.9 Å². The molecule has 0 unspecified atom stereocenters. The second-order valence-electron chi connectivity index (χ2n) is 5.40. The molecular formula is C13H25N7O3. The highest BCUT2D eigenvalue weighted by Gasteiger charge is 2.34. The first kappa shape index (κ1) is 18.7. The van der Waals surface area contributed by atoms with E-state index in [0.29, 0.717) is 38.8 Å². The molecule has 0 aromatic rings. The first-order valence-electron chi connectivity index (χ1n) is 7.54. The number of nitrogens with one attached hydrogen (secondary N) is 3. The minimum atomic E-state index is -0.827. The van der Waals surface area contributed by atoms with Crippen molar-refractivity contribution in [1.82, 2.24) is 15.5 Å². The Kier molecular flexibility index (Phi) is 7.26. The molecule has 0 bridgehead atoms. The van der Waals surface area contributed by atoms with Gasteiger partial charge in [0.15, 0.2) is 5.96 Å². The molecule has 9 N–H and O–H groups in total. The van der Waals surface area contributed by atoms with Gasteiger partial charge >= 0.3 is 0 Å². The Morgan fingerprint density at radius 1 is 1.30 bits per heavy atom. The third-order valence-corrected chi connectivity index (χ3v) is 3.70. The molecule has 10 nitrogen and oxygen atoms in total. The van der Waals surface area contributed by atoms with Crippen LogP contribution < -0.4 is 27.8 Å². The summed E-state index contributed by atoms with van der Waals surface area (Å²) in [5, 5.41) is 12.2. The number of primary amides is 1. The number of rotatable bonds is 8. The molecule has 2 atom stereocenters. The van der Waals surface area contributed by atoms with Gasteiger partial charge in [0.05, 0.1) is 6.54 Å². The minimum absolute atomic E-state index is 0.153. The molecule has 1 aliphatic rings. The molecule has 1 heterocycles. The van der Waals surface area contributed by atoms with Gasteiger partial charge in [0.1, 0.15) is 12.1 Å². The standard InChI is InChI=1S/C13H25N7O3/c14-7-10(21)20-6-2-4-9(20)12(23)19-8(11(15)22)3-1-5-18-13(16)17/h8-9H,1-7,14H2,(H2,15,22)(H,19,23)(H4,16,17,18)/t8-,9-/m0/s1. The van der Waals surface area contributed by atoms with Crippen LogP contribution >= 0.6 is 0 Å². The topological polar surface area (TPSA) is 180 Å². The lowest BCUT2D eigenvalue weighted by atomic mass is 10.1. The first-order chi connectivity index (χ1) is 10.9. The van der Waals surface area contributed by atoms with E-state index in [0.717, 1.165) is 0 Å². The third kappa shape index (κ3) is 5.74. The molecule has 0 radical (unpaired) electrons. The van der Waals surface area contributed by atoms with E-state index in [2.05, 4.69) is 10.6 Å². The molecule has 10 heteroatoms. The summed E-state index contributed by atoms with van der Waals surface area (Å²) in [5.41, 5.74) is 15.8. The maximum absolute atomic E-state index is 12.3.